The Hall–Kier alpha value is -1.11. The maximum Gasteiger partial charge on any atom is 0.166 e. The Labute approximate surface area is 71.5 Å². The molecule has 0 amide bonds. The number of rotatable bonds is 0. The minimum absolute atomic E-state index is 0.0822. The third kappa shape index (κ3) is 0.430. The van der Waals surface area contributed by atoms with Crippen LogP contribution in [-0.4, -0.2) is 5.78 Å². The maximum absolute atomic E-state index is 11.6. The highest BCUT2D eigenvalue weighted by molar-refractivity contribution is 6.02. The van der Waals surface area contributed by atoms with Gasteiger partial charge in [0.25, 0.3) is 0 Å². The topological polar surface area (TPSA) is 17.1 Å². The van der Waals surface area contributed by atoms with Gasteiger partial charge in [-0.15, -0.1) is 0 Å². The molecule has 12 heavy (non-hydrogen) atoms. The van der Waals surface area contributed by atoms with E-state index in [2.05, 4.69) is 24.3 Å². The zero-order valence-electron chi connectivity index (χ0n) is 6.79. The van der Waals surface area contributed by atoms with E-state index >= 15 is 0 Å². The Morgan fingerprint density at radius 2 is 1.92 bits per heavy atom. The van der Waals surface area contributed by atoms with Crippen molar-refractivity contribution in [3.05, 3.63) is 36.5 Å². The van der Waals surface area contributed by atoms with Crippen molar-refractivity contribution in [1.29, 1.82) is 0 Å². The van der Waals surface area contributed by atoms with Crippen molar-refractivity contribution in [2.24, 2.45) is 10.8 Å². The summed E-state index contributed by atoms with van der Waals surface area (Å²) >= 11 is 0. The second-order valence-electron chi connectivity index (χ2n) is 3.93. The molecule has 0 spiro atoms. The fourth-order valence-electron chi connectivity index (χ4n) is 2.70. The van der Waals surface area contributed by atoms with Crippen molar-refractivity contribution in [3.63, 3.8) is 0 Å². The van der Waals surface area contributed by atoms with Crippen LogP contribution in [0.5, 0.6) is 0 Å². The van der Waals surface area contributed by atoms with Gasteiger partial charge in [-0.25, -0.2) is 0 Å². The number of carbonyl (C=O) groups excluding carboxylic acids is 1. The van der Waals surface area contributed by atoms with Gasteiger partial charge in [-0.05, 0) is 18.9 Å². The molecule has 60 valence electrons. The van der Waals surface area contributed by atoms with Crippen LogP contribution in [0.1, 0.15) is 12.8 Å². The summed E-state index contributed by atoms with van der Waals surface area (Å²) in [5.41, 5.74) is -0.0689. The first-order chi connectivity index (χ1) is 5.79. The molecule has 3 rings (SSSR count). The highest BCUT2D eigenvalue weighted by atomic mass is 16.1. The standard InChI is InChI=1S/C11H10O/c12-9-3-6-10-4-1-2-5-11(9,10)8-7-10/h1-6H,7-8H2. The predicted molar refractivity (Wildman–Crippen MR) is 46.5 cm³/mol. The van der Waals surface area contributed by atoms with E-state index in [0.29, 0.717) is 5.78 Å². The molecule has 3 aliphatic rings. The molecule has 2 unspecified atom stereocenters. The van der Waals surface area contributed by atoms with E-state index in [1.54, 1.807) is 6.08 Å². The molecule has 0 N–H and O–H groups in total. The summed E-state index contributed by atoms with van der Waals surface area (Å²) in [6.07, 6.45) is 14.3. The molecule has 1 nitrogen and oxygen atoms in total. The van der Waals surface area contributed by atoms with Crippen molar-refractivity contribution in [2.45, 2.75) is 12.8 Å². The van der Waals surface area contributed by atoms with Gasteiger partial charge in [-0.2, -0.15) is 0 Å². The molecular formula is C11H10O. The zero-order valence-corrected chi connectivity index (χ0v) is 6.79. The van der Waals surface area contributed by atoms with Gasteiger partial charge >= 0.3 is 0 Å². The van der Waals surface area contributed by atoms with Gasteiger partial charge in [0.05, 0.1) is 5.41 Å². The number of ketones is 1. The molecule has 0 radical (unpaired) electrons. The average Bonchev–Trinajstić information content (AvgIpc) is 2.27. The van der Waals surface area contributed by atoms with Crippen molar-refractivity contribution in [2.75, 3.05) is 0 Å². The highest BCUT2D eigenvalue weighted by Crippen LogP contribution is 2.64. The minimum atomic E-state index is -0.151. The Morgan fingerprint density at radius 3 is 2.58 bits per heavy atom. The van der Waals surface area contributed by atoms with Crippen LogP contribution in [0.25, 0.3) is 0 Å². The van der Waals surface area contributed by atoms with Crippen LogP contribution in [0, 0.1) is 10.8 Å². The SMILES string of the molecule is O=C1C=CC23C=CC=CC12CC3. The van der Waals surface area contributed by atoms with Crippen LogP contribution in [0.15, 0.2) is 36.5 Å². The molecule has 0 bridgehead atoms. The first-order valence-electron chi connectivity index (χ1n) is 4.40. The quantitative estimate of drug-likeness (QED) is 0.527. The molecule has 0 aliphatic heterocycles. The van der Waals surface area contributed by atoms with Crippen molar-refractivity contribution in [1.82, 2.24) is 0 Å². The molecule has 1 saturated carbocycles. The van der Waals surface area contributed by atoms with Crippen molar-refractivity contribution in [3.8, 4) is 0 Å². The van der Waals surface area contributed by atoms with Crippen molar-refractivity contribution >= 4 is 5.78 Å². The third-order valence-electron chi connectivity index (χ3n) is 3.62. The number of hydrogen-bond acceptors (Lipinski definition) is 1. The molecule has 0 heterocycles. The molecule has 0 aromatic carbocycles. The predicted octanol–water partition coefficient (Wildman–Crippen LogP) is 2.02. The van der Waals surface area contributed by atoms with E-state index < -0.39 is 0 Å². The second-order valence-corrected chi connectivity index (χ2v) is 3.93. The van der Waals surface area contributed by atoms with E-state index in [1.165, 1.54) is 0 Å². The molecule has 1 heteroatoms. The molecular weight excluding hydrogens is 148 g/mol. The average molecular weight is 158 g/mol. The lowest BCUT2D eigenvalue weighted by molar-refractivity contribution is -0.129. The lowest BCUT2D eigenvalue weighted by Crippen LogP contribution is -2.49. The smallest absolute Gasteiger partial charge is 0.166 e. The summed E-state index contributed by atoms with van der Waals surface area (Å²) in [5.74, 6) is 0.300. The van der Waals surface area contributed by atoms with E-state index in [-0.39, 0.29) is 10.8 Å². The van der Waals surface area contributed by atoms with Crippen LogP contribution in [0.4, 0.5) is 0 Å². The Balaban J connectivity index is 2.23. The first kappa shape index (κ1) is 6.41. The normalized spacial score (nSPS) is 47.2. The van der Waals surface area contributed by atoms with E-state index in [0.717, 1.165) is 12.8 Å². The molecule has 0 saturated heterocycles. The van der Waals surface area contributed by atoms with Crippen LogP contribution in [-0.2, 0) is 4.79 Å². The Morgan fingerprint density at radius 1 is 1.08 bits per heavy atom. The third-order valence-corrected chi connectivity index (χ3v) is 3.62. The molecule has 3 aliphatic carbocycles. The van der Waals surface area contributed by atoms with E-state index in [1.807, 2.05) is 6.08 Å². The number of allylic oxidation sites excluding steroid dienone is 6. The molecule has 0 aromatic rings. The van der Waals surface area contributed by atoms with Gasteiger partial charge in [-0.3, -0.25) is 4.79 Å². The van der Waals surface area contributed by atoms with Crippen LogP contribution in [0.3, 0.4) is 0 Å². The largest absolute Gasteiger partial charge is 0.294 e. The summed E-state index contributed by atoms with van der Waals surface area (Å²) in [7, 11) is 0. The fraction of sp³-hybridized carbons (Fsp3) is 0.364. The van der Waals surface area contributed by atoms with Crippen molar-refractivity contribution < 1.29 is 4.79 Å². The summed E-state index contributed by atoms with van der Waals surface area (Å²) < 4.78 is 0. The Kier molecular flexibility index (Phi) is 0.871. The monoisotopic (exact) mass is 158 g/mol. The zero-order chi connectivity index (χ0) is 8.23. The van der Waals surface area contributed by atoms with E-state index in [9.17, 15) is 4.79 Å². The number of carbonyl (C=O) groups is 1. The van der Waals surface area contributed by atoms with Crippen LogP contribution >= 0.6 is 0 Å². The van der Waals surface area contributed by atoms with Crippen LogP contribution < -0.4 is 0 Å². The lowest BCUT2D eigenvalue weighted by Gasteiger charge is -2.52. The lowest BCUT2D eigenvalue weighted by atomic mass is 9.49. The van der Waals surface area contributed by atoms with Gasteiger partial charge in [0, 0.05) is 5.41 Å². The minimum Gasteiger partial charge on any atom is -0.294 e. The van der Waals surface area contributed by atoms with Gasteiger partial charge in [0.15, 0.2) is 5.78 Å². The molecule has 2 atom stereocenters. The Bertz CT molecular complexity index is 344. The van der Waals surface area contributed by atoms with Gasteiger partial charge in [-0.1, -0.05) is 30.4 Å². The van der Waals surface area contributed by atoms with Crippen LogP contribution in [0.2, 0.25) is 0 Å². The van der Waals surface area contributed by atoms with Gasteiger partial charge in [0.2, 0.25) is 0 Å². The van der Waals surface area contributed by atoms with Gasteiger partial charge < -0.3 is 0 Å². The number of hydrogen-bond donors (Lipinski definition) is 0. The summed E-state index contributed by atoms with van der Waals surface area (Å²) in [5, 5.41) is 0. The maximum atomic E-state index is 11.6. The highest BCUT2D eigenvalue weighted by Gasteiger charge is 2.61. The second kappa shape index (κ2) is 1.63. The molecule has 1 fully saturated rings. The van der Waals surface area contributed by atoms with Gasteiger partial charge in [0.1, 0.15) is 0 Å². The summed E-state index contributed by atoms with van der Waals surface area (Å²) in [4.78, 5) is 11.6. The summed E-state index contributed by atoms with van der Waals surface area (Å²) in [6, 6.07) is 0. The summed E-state index contributed by atoms with van der Waals surface area (Å²) in [6.45, 7) is 0. The molecule has 0 aromatic heterocycles. The van der Waals surface area contributed by atoms with E-state index in [4.69, 9.17) is 0 Å². The first-order valence-corrected chi connectivity index (χ1v) is 4.40. The fourth-order valence-corrected chi connectivity index (χ4v) is 2.70.